The molecular formula is C21H14N2O4. The summed E-state index contributed by atoms with van der Waals surface area (Å²) in [5.74, 6) is 0. The van der Waals surface area contributed by atoms with Gasteiger partial charge in [0.1, 0.15) is 10.8 Å². The van der Waals surface area contributed by atoms with Crippen LogP contribution in [0.4, 0.5) is 0 Å². The minimum absolute atomic E-state index is 0.101. The van der Waals surface area contributed by atoms with Gasteiger partial charge in [-0.05, 0) is 24.3 Å². The lowest BCUT2D eigenvalue weighted by Gasteiger charge is -2.11. The summed E-state index contributed by atoms with van der Waals surface area (Å²) < 4.78 is 8.92. The Bertz CT molecular complexity index is 1490. The zero-order valence-electron chi connectivity index (χ0n) is 14.6. The molecule has 5 rings (SSSR count). The van der Waals surface area contributed by atoms with Crippen LogP contribution in [0.15, 0.2) is 67.3 Å². The molecule has 132 valence electrons. The number of para-hydroxylation sites is 2. The summed E-state index contributed by atoms with van der Waals surface area (Å²) >= 11 is 0. The summed E-state index contributed by atoms with van der Waals surface area (Å²) in [6, 6.07) is 14.5. The Morgan fingerprint density at radius 1 is 0.667 bits per heavy atom. The van der Waals surface area contributed by atoms with Crippen molar-refractivity contribution in [2.45, 2.75) is 0 Å². The lowest BCUT2D eigenvalue weighted by atomic mass is 10.1. The highest BCUT2D eigenvalue weighted by Crippen LogP contribution is 2.27. The Morgan fingerprint density at radius 2 is 1.07 bits per heavy atom. The largest absolute Gasteiger partial charge is 0.454 e. The second kappa shape index (κ2) is 5.17. The molecule has 0 saturated heterocycles. The molecule has 6 heteroatoms. The van der Waals surface area contributed by atoms with E-state index in [-0.39, 0.29) is 21.9 Å². The fourth-order valence-corrected chi connectivity index (χ4v) is 3.77. The molecule has 27 heavy (non-hydrogen) atoms. The summed E-state index contributed by atoms with van der Waals surface area (Å²) in [4.78, 5) is 39.0. The third kappa shape index (κ3) is 1.87. The van der Waals surface area contributed by atoms with E-state index >= 15 is 0 Å². The van der Waals surface area contributed by atoms with E-state index in [4.69, 9.17) is 4.42 Å². The van der Waals surface area contributed by atoms with E-state index in [0.717, 1.165) is 0 Å². The Morgan fingerprint density at radius 3 is 1.52 bits per heavy atom. The van der Waals surface area contributed by atoms with Gasteiger partial charge in [0.15, 0.2) is 11.2 Å². The van der Waals surface area contributed by atoms with Gasteiger partial charge in [-0.3, -0.25) is 14.4 Å². The van der Waals surface area contributed by atoms with Crippen LogP contribution in [-0.4, -0.2) is 9.13 Å². The first-order valence-electron chi connectivity index (χ1n) is 8.46. The predicted molar refractivity (Wildman–Crippen MR) is 105 cm³/mol. The number of fused-ring (bicyclic) bond motifs is 6. The van der Waals surface area contributed by atoms with E-state index < -0.39 is 16.5 Å². The molecule has 0 aliphatic rings. The van der Waals surface area contributed by atoms with E-state index in [2.05, 4.69) is 0 Å². The summed E-state index contributed by atoms with van der Waals surface area (Å²) in [7, 11) is 3.21. The van der Waals surface area contributed by atoms with Crippen molar-refractivity contribution in [3.63, 3.8) is 0 Å². The summed E-state index contributed by atoms with van der Waals surface area (Å²) in [5, 5.41) is 1.10. The quantitative estimate of drug-likeness (QED) is 0.315. The molecule has 0 spiro atoms. The van der Waals surface area contributed by atoms with Gasteiger partial charge in [0.25, 0.3) is 11.1 Å². The third-order valence-corrected chi connectivity index (χ3v) is 5.17. The smallest absolute Gasteiger partial charge is 0.265 e. The maximum atomic E-state index is 13.2. The molecule has 6 nitrogen and oxygen atoms in total. The minimum atomic E-state index is -0.594. The minimum Gasteiger partial charge on any atom is -0.454 e. The van der Waals surface area contributed by atoms with Crippen LogP contribution in [0.2, 0.25) is 0 Å². The van der Waals surface area contributed by atoms with E-state index in [1.54, 1.807) is 38.4 Å². The molecule has 0 atom stereocenters. The van der Waals surface area contributed by atoms with Crippen LogP contribution in [-0.2, 0) is 14.1 Å². The molecule has 0 bridgehead atoms. The lowest BCUT2D eigenvalue weighted by Crippen LogP contribution is -2.28. The van der Waals surface area contributed by atoms with Crippen molar-refractivity contribution < 1.29 is 4.42 Å². The number of pyridine rings is 2. The molecule has 3 aromatic heterocycles. The van der Waals surface area contributed by atoms with Crippen molar-refractivity contribution in [1.82, 2.24) is 9.13 Å². The van der Waals surface area contributed by atoms with Crippen LogP contribution in [0.1, 0.15) is 0 Å². The zero-order valence-corrected chi connectivity index (χ0v) is 14.6. The van der Waals surface area contributed by atoms with E-state index in [1.807, 2.05) is 24.3 Å². The van der Waals surface area contributed by atoms with Gasteiger partial charge in [-0.15, -0.1) is 0 Å². The molecule has 0 amide bonds. The fourth-order valence-electron chi connectivity index (χ4n) is 3.77. The monoisotopic (exact) mass is 358 g/mol. The lowest BCUT2D eigenvalue weighted by molar-refractivity contribution is 0.663. The SMILES string of the molecule is Cn1c(=O)c2c(=O)c3c(=O)n(C)c4ccccc4c3oc2c2ccccc21. The van der Waals surface area contributed by atoms with E-state index in [0.29, 0.717) is 21.8 Å². The summed E-state index contributed by atoms with van der Waals surface area (Å²) in [6.07, 6.45) is 0. The van der Waals surface area contributed by atoms with Crippen LogP contribution < -0.4 is 16.5 Å². The number of benzene rings is 2. The highest BCUT2D eigenvalue weighted by Gasteiger charge is 2.20. The first kappa shape index (κ1) is 15.6. The Labute approximate surface area is 151 Å². The average Bonchev–Trinajstić information content (AvgIpc) is 2.69. The van der Waals surface area contributed by atoms with Crippen LogP contribution in [0, 0.1) is 0 Å². The van der Waals surface area contributed by atoms with Gasteiger partial charge in [-0.1, -0.05) is 24.3 Å². The Kier molecular flexibility index (Phi) is 2.98. The van der Waals surface area contributed by atoms with Gasteiger partial charge in [-0.25, -0.2) is 0 Å². The van der Waals surface area contributed by atoms with Crippen molar-refractivity contribution in [3.05, 3.63) is 79.5 Å². The number of nitrogens with zero attached hydrogens (tertiary/aromatic N) is 2. The van der Waals surface area contributed by atoms with E-state index in [9.17, 15) is 14.4 Å². The summed E-state index contributed by atoms with van der Waals surface area (Å²) in [5.41, 5.74) is 0.193. The van der Waals surface area contributed by atoms with Crippen LogP contribution in [0.3, 0.4) is 0 Å². The molecule has 0 aliphatic carbocycles. The second-order valence-electron chi connectivity index (χ2n) is 6.60. The van der Waals surface area contributed by atoms with Gasteiger partial charge in [-0.2, -0.15) is 0 Å². The summed E-state index contributed by atoms with van der Waals surface area (Å²) in [6.45, 7) is 0. The van der Waals surface area contributed by atoms with Crippen LogP contribution in [0.5, 0.6) is 0 Å². The molecule has 0 saturated carbocycles. The first-order chi connectivity index (χ1) is 13.0. The Hall–Kier alpha value is -3.67. The third-order valence-electron chi connectivity index (χ3n) is 5.17. The molecule has 3 heterocycles. The number of aryl methyl sites for hydroxylation is 2. The molecule has 0 fully saturated rings. The zero-order chi connectivity index (χ0) is 18.9. The molecule has 5 aromatic rings. The van der Waals surface area contributed by atoms with Gasteiger partial charge < -0.3 is 13.6 Å². The van der Waals surface area contributed by atoms with Gasteiger partial charge in [0, 0.05) is 24.9 Å². The van der Waals surface area contributed by atoms with Crippen LogP contribution in [0.25, 0.3) is 43.7 Å². The van der Waals surface area contributed by atoms with Gasteiger partial charge in [0.05, 0.1) is 11.0 Å². The maximum Gasteiger partial charge on any atom is 0.265 e. The molecule has 0 N–H and O–H groups in total. The standard InChI is InChI=1S/C21H14N2O4/c1-22-13-9-5-3-7-11(13)18-15(20(22)25)17(24)16-19(27-18)12-8-4-6-10-14(12)23(2)21(16)26/h3-10H,1-2H3. The molecule has 0 aliphatic heterocycles. The van der Waals surface area contributed by atoms with Crippen molar-refractivity contribution in [3.8, 4) is 0 Å². The van der Waals surface area contributed by atoms with Gasteiger partial charge >= 0.3 is 0 Å². The van der Waals surface area contributed by atoms with Crippen molar-refractivity contribution in [2.24, 2.45) is 14.1 Å². The van der Waals surface area contributed by atoms with Gasteiger partial charge in [0.2, 0.25) is 5.43 Å². The number of hydrogen-bond acceptors (Lipinski definition) is 4. The van der Waals surface area contributed by atoms with Crippen molar-refractivity contribution in [1.29, 1.82) is 0 Å². The first-order valence-corrected chi connectivity index (χ1v) is 8.46. The number of rotatable bonds is 0. The van der Waals surface area contributed by atoms with Crippen molar-refractivity contribution in [2.75, 3.05) is 0 Å². The molecule has 2 aromatic carbocycles. The maximum absolute atomic E-state index is 13.2. The Balaban J connectivity index is 2.24. The topological polar surface area (TPSA) is 74.2 Å². The molecule has 0 unspecified atom stereocenters. The highest BCUT2D eigenvalue weighted by atomic mass is 16.3. The fraction of sp³-hybridized carbons (Fsp3) is 0.0952. The predicted octanol–water partition coefficient (Wildman–Crippen LogP) is 2.65. The average molecular weight is 358 g/mol. The number of hydrogen-bond donors (Lipinski definition) is 0. The van der Waals surface area contributed by atoms with E-state index in [1.165, 1.54) is 9.13 Å². The van der Waals surface area contributed by atoms with Crippen molar-refractivity contribution >= 4 is 43.7 Å². The number of aromatic nitrogens is 2. The highest BCUT2D eigenvalue weighted by molar-refractivity contribution is 6.09. The molecular weight excluding hydrogens is 344 g/mol. The normalized spacial score (nSPS) is 11.8. The van der Waals surface area contributed by atoms with Crippen LogP contribution >= 0.6 is 0 Å². The second-order valence-corrected chi connectivity index (χ2v) is 6.60. The molecule has 0 radical (unpaired) electrons.